The molecule has 0 amide bonds. The van der Waals surface area contributed by atoms with E-state index in [1.165, 1.54) is 13.2 Å². The van der Waals surface area contributed by atoms with Gasteiger partial charge in [-0.2, -0.15) is 0 Å². The lowest BCUT2D eigenvalue weighted by molar-refractivity contribution is -0.142. The Balaban J connectivity index is 2.96. The Kier molecular flexibility index (Phi) is 3.09. The molecule has 0 saturated carbocycles. The molecule has 0 aromatic heterocycles. The van der Waals surface area contributed by atoms with E-state index in [1.54, 1.807) is 19.1 Å². The number of carbonyl (C=O) groups is 1. The van der Waals surface area contributed by atoms with Gasteiger partial charge in [0.1, 0.15) is 11.8 Å². The van der Waals surface area contributed by atoms with E-state index in [0.717, 1.165) is 5.56 Å². The van der Waals surface area contributed by atoms with Gasteiger partial charge in [-0.05, 0) is 24.1 Å². The Hall–Kier alpha value is -1.55. The van der Waals surface area contributed by atoms with Crippen LogP contribution in [0.25, 0.3) is 0 Å². The van der Waals surface area contributed by atoms with E-state index in [-0.39, 0.29) is 5.75 Å². The molecule has 1 rings (SSSR count). The second-order valence-electron chi connectivity index (χ2n) is 3.05. The molecule has 4 nitrogen and oxygen atoms in total. The van der Waals surface area contributed by atoms with E-state index in [1.807, 2.05) is 0 Å². The molecule has 0 bridgehead atoms. The number of hydrogen-bond acceptors (Lipinski definition) is 4. The van der Waals surface area contributed by atoms with Crippen molar-refractivity contribution in [2.75, 3.05) is 7.11 Å². The number of benzene rings is 1. The lowest BCUT2D eigenvalue weighted by atomic mass is 10.1. The van der Waals surface area contributed by atoms with Crippen molar-refractivity contribution in [3.63, 3.8) is 0 Å². The first kappa shape index (κ1) is 10.5. The number of aromatic hydroxyl groups is 1. The fraction of sp³-hybridized carbons (Fsp3) is 0.300. The highest BCUT2D eigenvalue weighted by Crippen LogP contribution is 2.21. The van der Waals surface area contributed by atoms with Crippen LogP contribution >= 0.6 is 0 Å². The molecule has 0 spiro atoms. The van der Waals surface area contributed by atoms with Gasteiger partial charge in [0, 0.05) is 0 Å². The first-order valence-electron chi connectivity index (χ1n) is 4.19. The van der Waals surface area contributed by atoms with Crippen LogP contribution < -0.4 is 5.73 Å². The highest BCUT2D eigenvalue weighted by Gasteiger charge is 2.16. The van der Waals surface area contributed by atoms with Crippen molar-refractivity contribution in [2.45, 2.75) is 13.0 Å². The van der Waals surface area contributed by atoms with Gasteiger partial charge in [-0.25, -0.2) is 0 Å². The molecule has 1 aromatic rings. The first-order valence-corrected chi connectivity index (χ1v) is 4.19. The van der Waals surface area contributed by atoms with Crippen molar-refractivity contribution in [3.05, 3.63) is 29.3 Å². The summed E-state index contributed by atoms with van der Waals surface area (Å²) in [6, 6.07) is 4.02. The summed E-state index contributed by atoms with van der Waals surface area (Å²) in [5.41, 5.74) is 6.87. The van der Waals surface area contributed by atoms with Crippen molar-refractivity contribution in [2.24, 2.45) is 5.73 Å². The number of methoxy groups -OCH3 is 1. The van der Waals surface area contributed by atoms with Crippen LogP contribution in [0.5, 0.6) is 5.75 Å². The third-order valence-electron chi connectivity index (χ3n) is 2.05. The molecule has 0 radical (unpaired) electrons. The highest BCUT2D eigenvalue weighted by molar-refractivity contribution is 5.77. The second-order valence-corrected chi connectivity index (χ2v) is 3.05. The molecule has 76 valence electrons. The van der Waals surface area contributed by atoms with Gasteiger partial charge in [0.25, 0.3) is 0 Å². The fourth-order valence-corrected chi connectivity index (χ4v) is 1.08. The molecule has 0 aliphatic carbocycles. The van der Waals surface area contributed by atoms with Crippen LogP contribution in [0.4, 0.5) is 0 Å². The van der Waals surface area contributed by atoms with E-state index in [2.05, 4.69) is 4.74 Å². The minimum absolute atomic E-state index is 0.127. The molecule has 3 N–H and O–H groups in total. The molecule has 1 unspecified atom stereocenters. The third-order valence-corrected chi connectivity index (χ3v) is 2.05. The van der Waals surface area contributed by atoms with Crippen LogP contribution in [0.15, 0.2) is 18.2 Å². The molecule has 1 atom stereocenters. The van der Waals surface area contributed by atoms with Crippen LogP contribution in [0.3, 0.4) is 0 Å². The van der Waals surface area contributed by atoms with E-state index in [4.69, 9.17) is 5.73 Å². The van der Waals surface area contributed by atoms with Gasteiger partial charge >= 0.3 is 5.97 Å². The van der Waals surface area contributed by atoms with Gasteiger partial charge in [-0.1, -0.05) is 12.1 Å². The summed E-state index contributed by atoms with van der Waals surface area (Å²) in [4.78, 5) is 11.1. The van der Waals surface area contributed by atoms with E-state index in [0.29, 0.717) is 5.56 Å². The van der Waals surface area contributed by atoms with Gasteiger partial charge in [-0.3, -0.25) is 4.79 Å². The number of hydrogen-bond donors (Lipinski definition) is 2. The zero-order chi connectivity index (χ0) is 10.7. The lowest BCUT2D eigenvalue weighted by Crippen LogP contribution is -2.22. The molecule has 0 aliphatic rings. The van der Waals surface area contributed by atoms with Crippen LogP contribution in [0.2, 0.25) is 0 Å². The monoisotopic (exact) mass is 195 g/mol. The predicted octanol–water partition coefficient (Wildman–Crippen LogP) is 0.873. The van der Waals surface area contributed by atoms with Crippen LogP contribution in [-0.2, 0) is 9.53 Å². The topological polar surface area (TPSA) is 72.5 Å². The zero-order valence-electron chi connectivity index (χ0n) is 8.15. The zero-order valence-corrected chi connectivity index (χ0v) is 8.15. The summed E-state index contributed by atoms with van der Waals surface area (Å²) in [5.74, 6) is -0.393. The predicted molar refractivity (Wildman–Crippen MR) is 51.8 cm³/mol. The molecule has 1 aromatic carbocycles. The Bertz CT molecular complexity index is 349. The molecule has 0 aliphatic heterocycles. The van der Waals surface area contributed by atoms with E-state index < -0.39 is 12.0 Å². The summed E-state index contributed by atoms with van der Waals surface area (Å²) in [6.07, 6.45) is 0. The highest BCUT2D eigenvalue weighted by atomic mass is 16.5. The molecule has 0 saturated heterocycles. The van der Waals surface area contributed by atoms with Crippen LogP contribution in [0, 0.1) is 6.92 Å². The Morgan fingerprint density at radius 2 is 2.21 bits per heavy atom. The van der Waals surface area contributed by atoms with Crippen molar-refractivity contribution in [3.8, 4) is 5.75 Å². The molecule has 14 heavy (non-hydrogen) atoms. The Morgan fingerprint density at radius 1 is 1.57 bits per heavy atom. The number of phenols is 1. The van der Waals surface area contributed by atoms with Gasteiger partial charge in [0.05, 0.1) is 7.11 Å². The van der Waals surface area contributed by atoms with Crippen LogP contribution in [-0.4, -0.2) is 18.2 Å². The number of rotatable bonds is 2. The standard InChI is InChI=1S/C10H13NO3/c1-6-3-4-7(5-8(6)12)9(11)10(13)14-2/h3-5,9,12H,11H2,1-2H3. The molecule has 4 heteroatoms. The van der Waals surface area contributed by atoms with Crippen molar-refractivity contribution < 1.29 is 14.6 Å². The Labute approximate surface area is 82.3 Å². The maximum absolute atomic E-state index is 11.1. The van der Waals surface area contributed by atoms with E-state index in [9.17, 15) is 9.90 Å². The Morgan fingerprint density at radius 3 is 2.71 bits per heavy atom. The summed E-state index contributed by atoms with van der Waals surface area (Å²) >= 11 is 0. The number of ether oxygens (including phenoxy) is 1. The number of aryl methyl sites for hydroxylation is 1. The average Bonchev–Trinajstić information content (AvgIpc) is 2.20. The normalized spacial score (nSPS) is 12.2. The van der Waals surface area contributed by atoms with Gasteiger partial charge in [0.2, 0.25) is 0 Å². The number of carbonyl (C=O) groups excluding carboxylic acids is 1. The van der Waals surface area contributed by atoms with E-state index >= 15 is 0 Å². The smallest absolute Gasteiger partial charge is 0.327 e. The molecular weight excluding hydrogens is 182 g/mol. The number of esters is 1. The van der Waals surface area contributed by atoms with Gasteiger partial charge in [0.15, 0.2) is 0 Å². The van der Waals surface area contributed by atoms with Crippen molar-refractivity contribution in [1.29, 1.82) is 0 Å². The van der Waals surface area contributed by atoms with Crippen LogP contribution in [0.1, 0.15) is 17.2 Å². The minimum Gasteiger partial charge on any atom is -0.508 e. The fourth-order valence-electron chi connectivity index (χ4n) is 1.08. The maximum atomic E-state index is 11.1. The van der Waals surface area contributed by atoms with Crippen molar-refractivity contribution >= 4 is 5.97 Å². The average molecular weight is 195 g/mol. The summed E-state index contributed by atoms with van der Waals surface area (Å²) in [6.45, 7) is 1.77. The number of phenolic OH excluding ortho intramolecular Hbond substituents is 1. The second kappa shape index (κ2) is 4.11. The van der Waals surface area contributed by atoms with Crippen molar-refractivity contribution in [1.82, 2.24) is 0 Å². The quantitative estimate of drug-likeness (QED) is 0.687. The summed E-state index contributed by atoms with van der Waals surface area (Å²) in [7, 11) is 1.27. The van der Waals surface area contributed by atoms with Gasteiger partial charge < -0.3 is 15.6 Å². The number of nitrogens with two attached hydrogens (primary N) is 1. The summed E-state index contributed by atoms with van der Waals surface area (Å²) < 4.78 is 4.49. The SMILES string of the molecule is COC(=O)C(N)c1ccc(C)c(O)c1. The molecular formula is C10H13NO3. The largest absolute Gasteiger partial charge is 0.508 e. The summed E-state index contributed by atoms with van der Waals surface area (Å²) in [5, 5.41) is 9.40. The molecule has 0 heterocycles. The minimum atomic E-state index is -0.841. The lowest BCUT2D eigenvalue weighted by Gasteiger charge is -2.10. The third kappa shape index (κ3) is 2.03. The van der Waals surface area contributed by atoms with Gasteiger partial charge in [-0.15, -0.1) is 0 Å². The molecule has 0 fully saturated rings. The maximum Gasteiger partial charge on any atom is 0.327 e. The first-order chi connectivity index (χ1) is 6.56.